The molecule has 4 aromatic rings. The number of halogens is 1. The molecule has 2 aromatic carbocycles. The smallest absolute Gasteiger partial charge is 0.271 e. The fraction of sp³-hybridized carbons (Fsp3) is 0.367. The van der Waals surface area contributed by atoms with Crippen LogP contribution in [-0.2, 0) is 17.8 Å². The van der Waals surface area contributed by atoms with E-state index in [1.807, 2.05) is 88.9 Å². The molecule has 0 spiro atoms. The van der Waals surface area contributed by atoms with Crippen LogP contribution in [0, 0.1) is 5.82 Å². The summed E-state index contributed by atoms with van der Waals surface area (Å²) in [6.07, 6.45) is 0.0759. The molecule has 0 fully saturated rings. The molecule has 2 heterocycles. The average molecular weight is 581 g/mol. The zero-order chi connectivity index (χ0) is 29.4. The highest BCUT2D eigenvalue weighted by molar-refractivity contribution is 7.90. The first-order valence-corrected chi connectivity index (χ1v) is 17.9. The number of para-hydroxylation sites is 1. The first-order valence-electron chi connectivity index (χ1n) is 13.2. The van der Waals surface area contributed by atoms with E-state index in [0.717, 1.165) is 16.5 Å². The SMILES string of the molecule is CN(C)C(=O)c1cc([Si](C)(C)C)c(F)c(C[C@H](N[S+]([O-])C(C)(C)C)c2ccccc2-c2noc3ccccc23)n1. The zero-order valence-corrected chi connectivity index (χ0v) is 26.1. The quantitative estimate of drug-likeness (QED) is 0.215. The number of aromatic nitrogens is 2. The average Bonchev–Trinajstić information content (AvgIpc) is 3.31. The van der Waals surface area contributed by atoms with E-state index in [0.29, 0.717) is 16.5 Å². The van der Waals surface area contributed by atoms with Crippen molar-refractivity contribution in [2.45, 2.75) is 57.6 Å². The van der Waals surface area contributed by atoms with Crippen LogP contribution in [0.2, 0.25) is 19.6 Å². The van der Waals surface area contributed by atoms with Gasteiger partial charge in [0.25, 0.3) is 5.91 Å². The van der Waals surface area contributed by atoms with Crippen molar-refractivity contribution in [2.75, 3.05) is 14.1 Å². The third-order valence-corrected chi connectivity index (χ3v) is 10.2. The number of pyridine rings is 1. The Morgan fingerprint density at radius 1 is 1.12 bits per heavy atom. The van der Waals surface area contributed by atoms with Gasteiger partial charge in [0, 0.05) is 42.8 Å². The topological polar surface area (TPSA) is 94.3 Å². The molecule has 0 radical (unpaired) electrons. The highest BCUT2D eigenvalue weighted by Gasteiger charge is 2.34. The van der Waals surface area contributed by atoms with Gasteiger partial charge in [0.1, 0.15) is 22.0 Å². The molecule has 0 aliphatic carbocycles. The summed E-state index contributed by atoms with van der Waals surface area (Å²) < 4.78 is 37.8. The molecular formula is C30H37FN4O3SSi. The van der Waals surface area contributed by atoms with E-state index in [1.54, 1.807) is 20.2 Å². The van der Waals surface area contributed by atoms with Crippen molar-refractivity contribution in [2.24, 2.45) is 0 Å². The van der Waals surface area contributed by atoms with Crippen molar-refractivity contribution >= 4 is 41.5 Å². The number of hydrogen-bond donors (Lipinski definition) is 1. The van der Waals surface area contributed by atoms with Gasteiger partial charge in [-0.25, -0.2) is 9.37 Å². The summed E-state index contributed by atoms with van der Waals surface area (Å²) in [5.41, 5.74) is 3.21. The normalized spacial score (nSPS) is 13.8. The fourth-order valence-electron chi connectivity index (χ4n) is 4.41. The van der Waals surface area contributed by atoms with Gasteiger partial charge < -0.3 is 14.0 Å². The van der Waals surface area contributed by atoms with E-state index in [4.69, 9.17) is 4.52 Å². The number of carbonyl (C=O) groups is 1. The molecule has 212 valence electrons. The number of amides is 1. The van der Waals surface area contributed by atoms with E-state index in [-0.39, 0.29) is 23.7 Å². The van der Waals surface area contributed by atoms with Crippen LogP contribution in [0.4, 0.5) is 4.39 Å². The first kappa shape index (κ1) is 29.9. The van der Waals surface area contributed by atoms with Gasteiger partial charge in [0.2, 0.25) is 0 Å². The van der Waals surface area contributed by atoms with E-state index in [1.165, 1.54) is 4.90 Å². The fourth-order valence-corrected chi connectivity index (χ4v) is 6.61. The second kappa shape index (κ2) is 11.4. The molecule has 0 saturated heterocycles. The standard InChI is InChI=1S/C30H37FN4O3SSi/c1-30(2,3)39(37)34-22(17-23-27(31)26(40(6,7)8)18-24(32-23)29(36)35(4)5)19-13-9-10-14-20(19)28-21-15-11-12-16-25(21)38-33-28/h9-16,18,22,34H,17H2,1-8H3/t22-,39?/m0/s1. The molecule has 0 saturated carbocycles. The van der Waals surface area contributed by atoms with Crippen LogP contribution in [0.25, 0.3) is 22.2 Å². The number of hydrogen-bond acceptors (Lipinski definition) is 6. The highest BCUT2D eigenvalue weighted by atomic mass is 32.2. The third kappa shape index (κ3) is 6.30. The highest BCUT2D eigenvalue weighted by Crippen LogP contribution is 2.35. The van der Waals surface area contributed by atoms with Crippen molar-refractivity contribution in [3.63, 3.8) is 0 Å². The van der Waals surface area contributed by atoms with Crippen LogP contribution in [-0.4, -0.2) is 52.4 Å². The van der Waals surface area contributed by atoms with E-state index in [9.17, 15) is 9.35 Å². The van der Waals surface area contributed by atoms with Crippen molar-refractivity contribution in [1.29, 1.82) is 0 Å². The number of carbonyl (C=O) groups excluding carboxylic acids is 1. The second-order valence-electron chi connectivity index (χ2n) is 12.1. The monoisotopic (exact) mass is 580 g/mol. The minimum absolute atomic E-state index is 0.0759. The second-order valence-corrected chi connectivity index (χ2v) is 19.2. The molecule has 1 unspecified atom stereocenters. The van der Waals surface area contributed by atoms with Crippen molar-refractivity contribution in [3.05, 3.63) is 77.4 Å². The Balaban J connectivity index is 1.89. The van der Waals surface area contributed by atoms with Crippen LogP contribution in [0.15, 0.2) is 59.1 Å². The Labute approximate surface area is 239 Å². The lowest BCUT2D eigenvalue weighted by Crippen LogP contribution is -2.44. The van der Waals surface area contributed by atoms with E-state index >= 15 is 4.39 Å². The van der Waals surface area contributed by atoms with Crippen molar-refractivity contribution < 1.29 is 18.3 Å². The minimum atomic E-state index is -2.19. The molecule has 2 aromatic heterocycles. The summed E-state index contributed by atoms with van der Waals surface area (Å²) in [6, 6.07) is 16.2. The Hall–Kier alpha value is -3.05. The Morgan fingerprint density at radius 2 is 1.77 bits per heavy atom. The summed E-state index contributed by atoms with van der Waals surface area (Å²) >= 11 is -1.48. The van der Waals surface area contributed by atoms with E-state index in [2.05, 4.69) is 14.9 Å². The van der Waals surface area contributed by atoms with Gasteiger partial charge in [-0.1, -0.05) is 61.2 Å². The summed E-state index contributed by atoms with van der Waals surface area (Å²) in [5.74, 6) is -0.704. The van der Waals surface area contributed by atoms with Gasteiger partial charge in [0.05, 0.1) is 19.8 Å². The maximum Gasteiger partial charge on any atom is 0.271 e. The lowest BCUT2D eigenvalue weighted by Gasteiger charge is -2.29. The zero-order valence-electron chi connectivity index (χ0n) is 24.3. The van der Waals surface area contributed by atoms with Gasteiger partial charge in [-0.3, -0.25) is 4.79 Å². The molecule has 1 amide bonds. The van der Waals surface area contributed by atoms with Crippen molar-refractivity contribution in [1.82, 2.24) is 19.8 Å². The predicted octanol–water partition coefficient (Wildman–Crippen LogP) is 5.61. The predicted molar refractivity (Wildman–Crippen MR) is 162 cm³/mol. The third-order valence-electron chi connectivity index (χ3n) is 6.63. The molecular weight excluding hydrogens is 544 g/mol. The minimum Gasteiger partial charge on any atom is -0.598 e. The van der Waals surface area contributed by atoms with Gasteiger partial charge in [0.15, 0.2) is 5.58 Å². The van der Waals surface area contributed by atoms with Gasteiger partial charge in [-0.05, 0) is 49.7 Å². The molecule has 4 rings (SSSR count). The lowest BCUT2D eigenvalue weighted by atomic mass is 9.94. The van der Waals surface area contributed by atoms with Gasteiger partial charge >= 0.3 is 0 Å². The molecule has 0 aliphatic rings. The van der Waals surface area contributed by atoms with Crippen LogP contribution < -0.4 is 9.91 Å². The van der Waals surface area contributed by atoms with Crippen molar-refractivity contribution in [3.8, 4) is 11.3 Å². The van der Waals surface area contributed by atoms with Crippen LogP contribution in [0.3, 0.4) is 0 Å². The maximum absolute atomic E-state index is 16.2. The summed E-state index contributed by atoms with van der Waals surface area (Å²) in [4.78, 5) is 18.9. The molecule has 2 atom stereocenters. The summed E-state index contributed by atoms with van der Waals surface area (Å²) in [7, 11) is 1.11. The number of fused-ring (bicyclic) bond motifs is 1. The Bertz CT molecular complexity index is 1530. The molecule has 0 bridgehead atoms. The Morgan fingerprint density at radius 3 is 2.42 bits per heavy atom. The summed E-state index contributed by atoms with van der Waals surface area (Å²) in [5, 5.41) is 5.73. The van der Waals surface area contributed by atoms with Crippen LogP contribution >= 0.6 is 0 Å². The maximum atomic E-state index is 16.2. The largest absolute Gasteiger partial charge is 0.598 e. The van der Waals surface area contributed by atoms with E-state index < -0.39 is 36.0 Å². The first-order chi connectivity index (χ1) is 18.7. The number of nitrogens with one attached hydrogen (secondary N) is 1. The Kier molecular flexibility index (Phi) is 8.56. The molecule has 40 heavy (non-hydrogen) atoms. The molecule has 1 N–H and O–H groups in total. The lowest BCUT2D eigenvalue weighted by molar-refractivity contribution is 0.0821. The van der Waals surface area contributed by atoms with Crippen LogP contribution in [0.1, 0.15) is 48.6 Å². The van der Waals surface area contributed by atoms with Crippen LogP contribution in [0.5, 0.6) is 0 Å². The van der Waals surface area contributed by atoms with Gasteiger partial charge in [-0.2, -0.15) is 0 Å². The molecule has 10 heteroatoms. The number of benzene rings is 2. The number of nitrogens with zero attached hydrogens (tertiary/aromatic N) is 3. The molecule has 0 aliphatic heterocycles. The molecule has 7 nitrogen and oxygen atoms in total. The summed E-state index contributed by atoms with van der Waals surface area (Å²) in [6.45, 7) is 11.7. The van der Waals surface area contributed by atoms with Gasteiger partial charge in [-0.15, -0.1) is 4.72 Å². The number of rotatable bonds is 8.